The van der Waals surface area contributed by atoms with Gasteiger partial charge >= 0.3 is 0 Å². The largest absolute Gasteiger partial charge is 0.504 e. The molecule has 0 radical (unpaired) electrons. The fourth-order valence-electron chi connectivity index (χ4n) is 3.62. The lowest BCUT2D eigenvalue weighted by molar-refractivity contribution is 0.0288. The number of aromatic hydroxyl groups is 1. The minimum atomic E-state index is -0.0717. The third-order valence-corrected chi connectivity index (χ3v) is 5.35. The van der Waals surface area contributed by atoms with Crippen molar-refractivity contribution in [2.45, 2.75) is 26.1 Å². The number of ether oxygens (including phenoxy) is 4. The lowest BCUT2D eigenvalue weighted by Gasteiger charge is -2.18. The normalized spacial score (nSPS) is 25.1. The molecule has 1 fully saturated rings. The molecule has 0 amide bonds. The second kappa shape index (κ2) is 7.46. The number of hydrogen-bond donors (Lipinski definition) is 1. The van der Waals surface area contributed by atoms with Crippen molar-refractivity contribution >= 4 is 0 Å². The molecule has 2 aromatic rings. The summed E-state index contributed by atoms with van der Waals surface area (Å²) in [6, 6.07) is 11.3. The van der Waals surface area contributed by atoms with Gasteiger partial charge in [0.15, 0.2) is 23.0 Å². The Morgan fingerprint density at radius 3 is 1.77 bits per heavy atom. The molecular formula is C21H26O5. The fourth-order valence-corrected chi connectivity index (χ4v) is 3.62. The minimum Gasteiger partial charge on any atom is -0.504 e. The summed E-state index contributed by atoms with van der Waals surface area (Å²) in [5.41, 5.74) is 2.07. The van der Waals surface area contributed by atoms with Gasteiger partial charge in [-0.3, -0.25) is 0 Å². The Balaban J connectivity index is 1.90. The van der Waals surface area contributed by atoms with Crippen LogP contribution < -0.4 is 14.2 Å². The lowest BCUT2D eigenvalue weighted by atomic mass is 9.85. The van der Waals surface area contributed by atoms with E-state index in [1.165, 1.54) is 0 Å². The van der Waals surface area contributed by atoms with Gasteiger partial charge < -0.3 is 24.1 Å². The molecule has 1 saturated heterocycles. The highest BCUT2D eigenvalue weighted by Gasteiger charge is 2.41. The Morgan fingerprint density at radius 1 is 0.731 bits per heavy atom. The molecular weight excluding hydrogens is 332 g/mol. The van der Waals surface area contributed by atoms with Crippen LogP contribution in [0.5, 0.6) is 23.0 Å². The molecule has 1 heterocycles. The van der Waals surface area contributed by atoms with E-state index in [1.807, 2.05) is 30.3 Å². The van der Waals surface area contributed by atoms with Crippen LogP contribution >= 0.6 is 0 Å². The monoisotopic (exact) mass is 358 g/mol. The molecule has 4 atom stereocenters. The molecule has 0 saturated carbocycles. The van der Waals surface area contributed by atoms with Gasteiger partial charge in [-0.05, 0) is 47.2 Å². The summed E-state index contributed by atoms with van der Waals surface area (Å²) >= 11 is 0. The molecule has 1 aliphatic rings. The Hall–Kier alpha value is -2.40. The third-order valence-electron chi connectivity index (χ3n) is 5.35. The predicted molar refractivity (Wildman–Crippen MR) is 99.1 cm³/mol. The van der Waals surface area contributed by atoms with Crippen LogP contribution in [0.15, 0.2) is 36.4 Å². The summed E-state index contributed by atoms with van der Waals surface area (Å²) < 4.78 is 22.4. The maximum atomic E-state index is 9.84. The third kappa shape index (κ3) is 3.19. The Labute approximate surface area is 154 Å². The first kappa shape index (κ1) is 18.4. The van der Waals surface area contributed by atoms with Crippen molar-refractivity contribution in [3.05, 3.63) is 47.5 Å². The van der Waals surface area contributed by atoms with E-state index in [-0.39, 0.29) is 18.0 Å². The van der Waals surface area contributed by atoms with Crippen molar-refractivity contribution in [2.24, 2.45) is 11.8 Å². The first-order valence-electron chi connectivity index (χ1n) is 8.74. The zero-order valence-corrected chi connectivity index (χ0v) is 15.9. The first-order valence-corrected chi connectivity index (χ1v) is 8.74. The van der Waals surface area contributed by atoms with Gasteiger partial charge in [-0.15, -0.1) is 0 Å². The average Bonchev–Trinajstić information content (AvgIpc) is 2.96. The highest BCUT2D eigenvalue weighted by atomic mass is 16.5. The molecule has 1 N–H and O–H groups in total. The Morgan fingerprint density at radius 2 is 1.23 bits per heavy atom. The standard InChI is InChI=1S/C21H26O5/c1-12-13(2)21(15-7-9-17(23-3)19(11-15)25-5)26-20(12)14-6-8-16(22)18(10-14)24-4/h6-13,20-22H,1-5H3/t12-,13+,20+,21+/m0/s1. The van der Waals surface area contributed by atoms with Gasteiger partial charge in [0.25, 0.3) is 0 Å². The summed E-state index contributed by atoms with van der Waals surface area (Å²) in [5.74, 6) is 2.62. The summed E-state index contributed by atoms with van der Waals surface area (Å²) in [6.07, 6.45) is -0.118. The van der Waals surface area contributed by atoms with E-state index >= 15 is 0 Å². The highest BCUT2D eigenvalue weighted by Crippen LogP contribution is 2.50. The minimum absolute atomic E-state index is 0.0467. The number of benzene rings is 2. The molecule has 0 spiro atoms. The summed E-state index contributed by atoms with van der Waals surface area (Å²) in [4.78, 5) is 0. The first-order chi connectivity index (χ1) is 12.5. The highest BCUT2D eigenvalue weighted by molar-refractivity contribution is 5.45. The quantitative estimate of drug-likeness (QED) is 0.853. The summed E-state index contributed by atoms with van der Waals surface area (Å²) in [6.45, 7) is 4.39. The van der Waals surface area contributed by atoms with E-state index in [0.717, 1.165) is 11.1 Å². The second-order valence-electron chi connectivity index (χ2n) is 6.74. The van der Waals surface area contributed by atoms with Crippen LogP contribution in [0, 0.1) is 11.8 Å². The van der Waals surface area contributed by atoms with E-state index < -0.39 is 0 Å². The molecule has 0 bridgehead atoms. The molecule has 5 heteroatoms. The fraction of sp³-hybridized carbons (Fsp3) is 0.429. The van der Waals surface area contributed by atoms with Gasteiger partial charge in [-0.2, -0.15) is 0 Å². The number of rotatable bonds is 5. The van der Waals surface area contributed by atoms with Gasteiger partial charge in [-0.1, -0.05) is 26.0 Å². The van der Waals surface area contributed by atoms with Crippen molar-refractivity contribution in [1.82, 2.24) is 0 Å². The molecule has 26 heavy (non-hydrogen) atoms. The van der Waals surface area contributed by atoms with Crippen molar-refractivity contribution in [2.75, 3.05) is 21.3 Å². The van der Waals surface area contributed by atoms with Gasteiger partial charge in [0, 0.05) is 0 Å². The SMILES string of the molecule is COc1cc([C@@H]2O[C@@H](c3ccc(OC)c(OC)c3)[C@H](C)[C@@H]2C)ccc1O. The molecule has 0 unspecified atom stereocenters. The second-order valence-corrected chi connectivity index (χ2v) is 6.74. The predicted octanol–water partition coefficient (Wildman–Crippen LogP) is 4.50. The maximum absolute atomic E-state index is 9.84. The summed E-state index contributed by atoms with van der Waals surface area (Å²) in [7, 11) is 4.81. The topological polar surface area (TPSA) is 57.2 Å². The van der Waals surface area contributed by atoms with Crippen LogP contribution in [0.3, 0.4) is 0 Å². The number of phenols is 1. The maximum Gasteiger partial charge on any atom is 0.161 e. The zero-order chi connectivity index (χ0) is 18.8. The van der Waals surface area contributed by atoms with Crippen molar-refractivity contribution < 1.29 is 24.1 Å². The van der Waals surface area contributed by atoms with E-state index in [4.69, 9.17) is 18.9 Å². The van der Waals surface area contributed by atoms with Crippen LogP contribution in [0.25, 0.3) is 0 Å². The molecule has 3 rings (SSSR count). The van der Waals surface area contributed by atoms with Crippen molar-refractivity contribution in [3.63, 3.8) is 0 Å². The zero-order valence-electron chi connectivity index (χ0n) is 15.9. The van der Waals surface area contributed by atoms with Gasteiger partial charge in [-0.25, -0.2) is 0 Å². The Bertz CT molecular complexity index is 773. The van der Waals surface area contributed by atoms with Crippen LogP contribution in [0.2, 0.25) is 0 Å². The number of phenolic OH excluding ortho intramolecular Hbond substituents is 1. The van der Waals surface area contributed by atoms with E-state index in [2.05, 4.69) is 13.8 Å². The smallest absolute Gasteiger partial charge is 0.161 e. The van der Waals surface area contributed by atoms with Crippen LogP contribution in [0.4, 0.5) is 0 Å². The molecule has 2 aromatic carbocycles. The van der Waals surface area contributed by atoms with Crippen LogP contribution in [0.1, 0.15) is 37.2 Å². The molecule has 0 aromatic heterocycles. The average molecular weight is 358 g/mol. The van der Waals surface area contributed by atoms with Crippen molar-refractivity contribution in [3.8, 4) is 23.0 Å². The lowest BCUT2D eigenvalue weighted by Crippen LogP contribution is -2.10. The molecule has 1 aliphatic heterocycles. The van der Waals surface area contributed by atoms with E-state index in [1.54, 1.807) is 27.4 Å². The molecule has 140 valence electrons. The Kier molecular flexibility index (Phi) is 5.28. The number of hydrogen-bond acceptors (Lipinski definition) is 5. The van der Waals surface area contributed by atoms with Gasteiger partial charge in [0.05, 0.1) is 33.5 Å². The van der Waals surface area contributed by atoms with Crippen LogP contribution in [-0.4, -0.2) is 26.4 Å². The van der Waals surface area contributed by atoms with Gasteiger partial charge in [0.2, 0.25) is 0 Å². The molecule has 5 nitrogen and oxygen atoms in total. The van der Waals surface area contributed by atoms with E-state index in [0.29, 0.717) is 29.1 Å². The van der Waals surface area contributed by atoms with Crippen molar-refractivity contribution in [1.29, 1.82) is 0 Å². The van der Waals surface area contributed by atoms with E-state index in [9.17, 15) is 5.11 Å². The van der Waals surface area contributed by atoms with Gasteiger partial charge in [0.1, 0.15) is 0 Å². The molecule has 0 aliphatic carbocycles. The van der Waals surface area contributed by atoms with Crippen LogP contribution in [-0.2, 0) is 4.74 Å². The number of methoxy groups -OCH3 is 3. The summed E-state index contributed by atoms with van der Waals surface area (Å²) in [5, 5.41) is 9.84.